The van der Waals surface area contributed by atoms with Gasteiger partial charge in [0, 0.05) is 12.8 Å². The molecule has 0 saturated heterocycles. The lowest BCUT2D eigenvalue weighted by atomic mass is 10.1. The molecule has 10 nitrogen and oxygen atoms in total. The molecule has 0 bridgehead atoms. The highest BCUT2D eigenvalue weighted by atomic mass is 31.2. The van der Waals surface area contributed by atoms with Crippen molar-refractivity contribution >= 4 is 19.8 Å². The van der Waals surface area contributed by atoms with E-state index in [0.717, 1.165) is 64.2 Å². The Labute approximate surface area is 278 Å². The van der Waals surface area contributed by atoms with Crippen molar-refractivity contribution in [1.82, 2.24) is 0 Å². The van der Waals surface area contributed by atoms with Crippen LogP contribution in [0.3, 0.4) is 0 Å². The normalized spacial score (nSPS) is 14.5. The Balaban J connectivity index is 4.40. The number of rotatable bonds is 33. The number of carbonyl (C=O) groups excluding carboxylic acids is 2. The second-order valence-corrected chi connectivity index (χ2v) is 13.4. The van der Waals surface area contributed by atoms with E-state index in [1.807, 2.05) is 0 Å². The van der Waals surface area contributed by atoms with Crippen molar-refractivity contribution in [1.29, 1.82) is 0 Å². The summed E-state index contributed by atoms with van der Waals surface area (Å²) < 4.78 is 32.4. The molecule has 0 aliphatic carbocycles. The molecule has 0 aromatic heterocycles. The second kappa shape index (κ2) is 32.0. The summed E-state index contributed by atoms with van der Waals surface area (Å²) in [7, 11) is -4.60. The summed E-state index contributed by atoms with van der Waals surface area (Å²) in [5, 5.41) is 18.2. The first kappa shape index (κ1) is 44.5. The fourth-order valence-corrected chi connectivity index (χ4v) is 5.33. The molecule has 0 fully saturated rings. The molecule has 3 N–H and O–H groups in total. The maximum atomic E-state index is 12.5. The largest absolute Gasteiger partial charge is 0.472 e. The van der Waals surface area contributed by atoms with Crippen LogP contribution in [0.2, 0.25) is 0 Å². The van der Waals surface area contributed by atoms with Crippen LogP contribution in [0, 0.1) is 0 Å². The Morgan fingerprint density at radius 2 is 1.15 bits per heavy atom. The molecule has 0 rings (SSSR count). The SMILES string of the molecule is CCCC/C=C/C/C=C/CCCCCCCC(=O)OC[C@@H](COP(=O)(O)OC[C@H](O)CO)OC(=O)CCCCCCCCCCC. The summed E-state index contributed by atoms with van der Waals surface area (Å²) in [4.78, 5) is 34.6. The average molecular weight is 677 g/mol. The number of esters is 2. The third kappa shape index (κ3) is 31.1. The molecule has 0 radical (unpaired) electrons. The first-order valence-corrected chi connectivity index (χ1v) is 19.3. The molecule has 0 aliphatic heterocycles. The monoisotopic (exact) mass is 676 g/mol. The zero-order chi connectivity index (χ0) is 34.1. The lowest BCUT2D eigenvalue weighted by molar-refractivity contribution is -0.161. The van der Waals surface area contributed by atoms with Gasteiger partial charge in [0.15, 0.2) is 6.10 Å². The standard InChI is InChI=1S/C35H65O10P/c1-3-5-7-9-11-13-14-15-16-17-19-20-22-24-26-34(38)42-30-33(31-44-46(40,41)43-29-32(37)28-36)45-35(39)27-25-23-21-18-12-10-8-6-4-2/h9,11,14-15,32-33,36-37H,3-8,10,12-13,16-31H2,1-2H3,(H,40,41)/b11-9+,15-14+/t32-,33+/m1/s1. The Bertz CT molecular complexity index is 832. The third-order valence-corrected chi connectivity index (χ3v) is 8.31. The predicted octanol–water partition coefficient (Wildman–Crippen LogP) is 8.27. The summed E-state index contributed by atoms with van der Waals surface area (Å²) in [6.45, 7) is 2.27. The van der Waals surface area contributed by atoms with Crippen molar-refractivity contribution in [2.45, 2.75) is 161 Å². The first-order chi connectivity index (χ1) is 22.2. The quantitative estimate of drug-likeness (QED) is 0.0268. The maximum Gasteiger partial charge on any atom is 0.472 e. The second-order valence-electron chi connectivity index (χ2n) is 11.9. The molecule has 270 valence electrons. The molecule has 0 aromatic carbocycles. The van der Waals surface area contributed by atoms with E-state index < -0.39 is 51.8 Å². The lowest BCUT2D eigenvalue weighted by Crippen LogP contribution is -2.29. The molecule has 11 heteroatoms. The van der Waals surface area contributed by atoms with Crippen LogP contribution in [-0.2, 0) is 32.7 Å². The number of unbranched alkanes of at least 4 members (excludes halogenated alkanes) is 15. The van der Waals surface area contributed by atoms with Crippen LogP contribution in [0.25, 0.3) is 0 Å². The Morgan fingerprint density at radius 3 is 1.74 bits per heavy atom. The minimum Gasteiger partial charge on any atom is -0.462 e. The van der Waals surface area contributed by atoms with Gasteiger partial charge in [-0.3, -0.25) is 18.6 Å². The van der Waals surface area contributed by atoms with Crippen LogP contribution < -0.4 is 0 Å². The highest BCUT2D eigenvalue weighted by Crippen LogP contribution is 2.43. The number of hydrogen-bond donors (Lipinski definition) is 3. The van der Waals surface area contributed by atoms with Crippen molar-refractivity contribution in [3.8, 4) is 0 Å². The molecule has 0 aliphatic rings. The van der Waals surface area contributed by atoms with E-state index in [9.17, 15) is 24.2 Å². The lowest BCUT2D eigenvalue weighted by Gasteiger charge is -2.20. The van der Waals surface area contributed by atoms with E-state index in [-0.39, 0.29) is 19.4 Å². The van der Waals surface area contributed by atoms with Crippen LogP contribution >= 0.6 is 7.82 Å². The number of ether oxygens (including phenoxy) is 2. The van der Waals surface area contributed by atoms with Crippen molar-refractivity contribution in [2.75, 3.05) is 26.4 Å². The van der Waals surface area contributed by atoms with Crippen molar-refractivity contribution in [2.24, 2.45) is 0 Å². The molecular weight excluding hydrogens is 611 g/mol. The fraction of sp³-hybridized carbons (Fsp3) is 0.829. The van der Waals surface area contributed by atoms with E-state index in [0.29, 0.717) is 12.8 Å². The molecule has 46 heavy (non-hydrogen) atoms. The van der Waals surface area contributed by atoms with E-state index in [1.54, 1.807) is 0 Å². The van der Waals surface area contributed by atoms with Crippen molar-refractivity contribution < 1.29 is 47.8 Å². The average Bonchev–Trinajstić information content (AvgIpc) is 3.04. The van der Waals surface area contributed by atoms with Gasteiger partial charge in [0.1, 0.15) is 12.7 Å². The molecule has 0 amide bonds. The van der Waals surface area contributed by atoms with E-state index in [2.05, 4.69) is 42.7 Å². The number of phosphoric acid groups is 1. The number of allylic oxidation sites excluding steroid dienone is 4. The number of hydrogen-bond acceptors (Lipinski definition) is 9. The summed E-state index contributed by atoms with van der Waals surface area (Å²) in [5.74, 6) is -0.945. The number of carbonyl (C=O) groups is 2. The summed E-state index contributed by atoms with van der Waals surface area (Å²) >= 11 is 0. The molecule has 0 heterocycles. The summed E-state index contributed by atoms with van der Waals surface area (Å²) in [6, 6.07) is 0. The van der Waals surface area contributed by atoms with Crippen LogP contribution in [0.15, 0.2) is 24.3 Å². The van der Waals surface area contributed by atoms with Gasteiger partial charge in [-0.25, -0.2) is 4.57 Å². The van der Waals surface area contributed by atoms with Gasteiger partial charge < -0.3 is 24.6 Å². The van der Waals surface area contributed by atoms with Gasteiger partial charge >= 0.3 is 19.8 Å². The molecule has 0 spiro atoms. The minimum absolute atomic E-state index is 0.183. The Morgan fingerprint density at radius 1 is 0.652 bits per heavy atom. The van der Waals surface area contributed by atoms with Crippen LogP contribution in [-0.4, -0.2) is 65.7 Å². The summed E-state index contributed by atoms with van der Waals surface area (Å²) in [5.41, 5.74) is 0. The number of phosphoric ester groups is 1. The van der Waals surface area contributed by atoms with Gasteiger partial charge in [-0.15, -0.1) is 0 Å². The molecule has 0 saturated carbocycles. The first-order valence-electron chi connectivity index (χ1n) is 17.8. The molecule has 0 aromatic rings. The van der Waals surface area contributed by atoms with Gasteiger partial charge in [-0.2, -0.15) is 0 Å². The third-order valence-electron chi connectivity index (χ3n) is 7.36. The van der Waals surface area contributed by atoms with E-state index in [1.165, 1.54) is 44.9 Å². The van der Waals surface area contributed by atoms with Crippen LogP contribution in [0.1, 0.15) is 149 Å². The molecular formula is C35H65O10P. The minimum atomic E-state index is -4.60. The highest BCUT2D eigenvalue weighted by molar-refractivity contribution is 7.47. The molecule has 1 unspecified atom stereocenters. The number of aliphatic hydroxyl groups excluding tert-OH is 2. The van der Waals surface area contributed by atoms with Crippen LogP contribution in [0.5, 0.6) is 0 Å². The van der Waals surface area contributed by atoms with Gasteiger partial charge in [0.2, 0.25) is 0 Å². The highest BCUT2D eigenvalue weighted by Gasteiger charge is 2.27. The van der Waals surface area contributed by atoms with Crippen molar-refractivity contribution in [3.05, 3.63) is 24.3 Å². The number of aliphatic hydroxyl groups is 2. The zero-order valence-corrected chi connectivity index (χ0v) is 29.7. The van der Waals surface area contributed by atoms with Gasteiger partial charge in [-0.1, -0.05) is 122 Å². The van der Waals surface area contributed by atoms with Gasteiger partial charge in [0.05, 0.1) is 19.8 Å². The smallest absolute Gasteiger partial charge is 0.462 e. The topological polar surface area (TPSA) is 149 Å². The summed E-state index contributed by atoms with van der Waals surface area (Å²) in [6.07, 6.45) is 27.3. The van der Waals surface area contributed by atoms with Gasteiger partial charge in [0.25, 0.3) is 0 Å². The molecule has 3 atom stereocenters. The Kier molecular flexibility index (Phi) is 30.9. The zero-order valence-electron chi connectivity index (χ0n) is 28.8. The van der Waals surface area contributed by atoms with Crippen molar-refractivity contribution in [3.63, 3.8) is 0 Å². The van der Waals surface area contributed by atoms with Crippen LogP contribution in [0.4, 0.5) is 0 Å². The predicted molar refractivity (Wildman–Crippen MR) is 182 cm³/mol. The van der Waals surface area contributed by atoms with E-state index in [4.69, 9.17) is 19.1 Å². The fourth-order valence-electron chi connectivity index (χ4n) is 4.54. The Hall–Kier alpha value is -1.55. The maximum absolute atomic E-state index is 12.5. The van der Waals surface area contributed by atoms with Gasteiger partial charge in [-0.05, 0) is 38.5 Å². The van der Waals surface area contributed by atoms with E-state index >= 15 is 0 Å².